The number of nitrogens with zero attached hydrogens (tertiary/aromatic N) is 5. The van der Waals surface area contributed by atoms with Gasteiger partial charge in [-0.05, 0) is 54.8 Å². The number of fused-ring (bicyclic) bond motifs is 2. The first-order valence-electron chi connectivity index (χ1n) is 14.4. The first kappa shape index (κ1) is 29.4. The van der Waals surface area contributed by atoms with Gasteiger partial charge in [0.2, 0.25) is 5.91 Å². The van der Waals surface area contributed by atoms with Crippen LogP contribution in [-0.4, -0.2) is 65.9 Å². The van der Waals surface area contributed by atoms with Gasteiger partial charge in [0.05, 0.1) is 35.0 Å². The SMILES string of the molecule is CC(=O)N1CCC(c2nn(CC(O)NCc3cc(C(=O)O)ccc3F)c3cccc(-c4cc5c(cnn5C)cc4F)c23)CC1. The predicted octanol–water partition coefficient (Wildman–Crippen LogP) is 4.40. The fraction of sp³-hybridized carbons (Fsp3) is 0.312. The lowest BCUT2D eigenvalue weighted by molar-refractivity contribution is -0.129. The number of aliphatic hydroxyl groups excluding tert-OH is 1. The molecule has 3 N–H and O–H groups in total. The minimum atomic E-state index is -1.17. The third kappa shape index (κ3) is 5.53. The summed E-state index contributed by atoms with van der Waals surface area (Å²) >= 11 is 0. The van der Waals surface area contributed by atoms with E-state index in [9.17, 15) is 24.2 Å². The Kier molecular flexibility index (Phi) is 7.87. The maximum atomic E-state index is 15.6. The van der Waals surface area contributed by atoms with Crippen molar-refractivity contribution in [2.75, 3.05) is 13.1 Å². The van der Waals surface area contributed by atoms with Gasteiger partial charge < -0.3 is 15.1 Å². The van der Waals surface area contributed by atoms with Gasteiger partial charge in [-0.2, -0.15) is 10.2 Å². The highest BCUT2D eigenvalue weighted by Crippen LogP contribution is 2.39. The largest absolute Gasteiger partial charge is 0.478 e. The third-order valence-electron chi connectivity index (χ3n) is 8.42. The summed E-state index contributed by atoms with van der Waals surface area (Å²) in [4.78, 5) is 25.1. The Labute approximate surface area is 251 Å². The van der Waals surface area contributed by atoms with E-state index in [2.05, 4.69) is 10.4 Å². The van der Waals surface area contributed by atoms with Crippen LogP contribution in [0.1, 0.15) is 47.3 Å². The molecule has 5 aromatic rings. The summed E-state index contributed by atoms with van der Waals surface area (Å²) in [5.41, 5.74) is 3.35. The number of likely N-dealkylation sites (tertiary alicyclic amines) is 1. The van der Waals surface area contributed by atoms with Crippen molar-refractivity contribution in [2.24, 2.45) is 7.05 Å². The highest BCUT2D eigenvalue weighted by atomic mass is 19.1. The number of benzene rings is 3. The van der Waals surface area contributed by atoms with Gasteiger partial charge in [0.1, 0.15) is 17.9 Å². The molecular weight excluding hydrogens is 570 g/mol. The number of carbonyl (C=O) groups is 2. The summed E-state index contributed by atoms with van der Waals surface area (Å²) in [7, 11) is 1.80. The number of aromatic carboxylic acids is 1. The molecule has 228 valence electrons. The molecule has 10 nitrogen and oxygen atoms in total. The minimum Gasteiger partial charge on any atom is -0.478 e. The quantitative estimate of drug-likeness (QED) is 0.225. The van der Waals surface area contributed by atoms with E-state index in [0.717, 1.165) is 22.7 Å². The molecule has 0 bridgehead atoms. The number of carboxylic acid groups (broad SMARTS) is 1. The zero-order chi connectivity index (χ0) is 31.1. The molecule has 1 saturated heterocycles. The van der Waals surface area contributed by atoms with Crippen LogP contribution in [0.3, 0.4) is 0 Å². The van der Waals surface area contributed by atoms with Crippen molar-refractivity contribution in [1.29, 1.82) is 0 Å². The number of rotatable bonds is 8. The van der Waals surface area contributed by atoms with Gasteiger partial charge in [0.25, 0.3) is 0 Å². The molecule has 1 aliphatic heterocycles. The topological polar surface area (TPSA) is 126 Å². The molecule has 1 amide bonds. The van der Waals surface area contributed by atoms with Crippen molar-refractivity contribution in [3.8, 4) is 11.1 Å². The Morgan fingerprint density at radius 2 is 1.82 bits per heavy atom. The number of piperidine rings is 1. The van der Waals surface area contributed by atoms with E-state index in [-0.39, 0.29) is 36.0 Å². The van der Waals surface area contributed by atoms with E-state index in [4.69, 9.17) is 5.10 Å². The molecule has 1 atom stereocenters. The van der Waals surface area contributed by atoms with Crippen LogP contribution < -0.4 is 5.32 Å². The van der Waals surface area contributed by atoms with Gasteiger partial charge >= 0.3 is 5.97 Å². The van der Waals surface area contributed by atoms with E-state index in [1.807, 2.05) is 18.2 Å². The van der Waals surface area contributed by atoms with Gasteiger partial charge in [-0.1, -0.05) is 12.1 Å². The lowest BCUT2D eigenvalue weighted by Crippen LogP contribution is -2.36. The average Bonchev–Trinajstić information content (AvgIpc) is 3.55. The number of carbonyl (C=O) groups excluding carboxylic acids is 1. The van der Waals surface area contributed by atoms with Crippen LogP contribution >= 0.6 is 0 Å². The van der Waals surface area contributed by atoms with Crippen LogP contribution in [0, 0.1) is 11.6 Å². The zero-order valence-corrected chi connectivity index (χ0v) is 24.3. The van der Waals surface area contributed by atoms with Gasteiger partial charge in [0.15, 0.2) is 0 Å². The predicted molar refractivity (Wildman–Crippen MR) is 160 cm³/mol. The zero-order valence-electron chi connectivity index (χ0n) is 24.3. The standard InChI is InChI=1S/C32H32F2N6O4/c1-18(41)39-10-8-19(9-11-39)31-30-23(24-14-28-22(13-26(24)34)16-36-38(28)2)4-3-5-27(30)40(37-31)17-29(42)35-15-21-12-20(32(43)44)6-7-25(21)33/h3-7,12-14,16,19,29,35,42H,8-11,15,17H2,1-2H3,(H,43,44). The normalized spacial score (nSPS) is 14.9. The molecule has 12 heteroatoms. The second-order valence-corrected chi connectivity index (χ2v) is 11.2. The Morgan fingerprint density at radius 1 is 1.05 bits per heavy atom. The summed E-state index contributed by atoms with van der Waals surface area (Å²) in [6, 6.07) is 12.3. The molecule has 1 aliphatic rings. The fourth-order valence-electron chi connectivity index (χ4n) is 6.05. The Bertz CT molecular complexity index is 1890. The molecule has 1 fully saturated rings. The number of aromatic nitrogens is 4. The summed E-state index contributed by atoms with van der Waals surface area (Å²) in [6.07, 6.45) is 1.82. The number of aryl methyl sites for hydroxylation is 1. The van der Waals surface area contributed by atoms with Crippen molar-refractivity contribution in [3.63, 3.8) is 0 Å². The summed E-state index contributed by atoms with van der Waals surface area (Å²) in [6.45, 7) is 2.60. The molecule has 3 heterocycles. The van der Waals surface area contributed by atoms with Crippen molar-refractivity contribution < 1.29 is 28.6 Å². The molecule has 6 rings (SSSR count). The van der Waals surface area contributed by atoms with Crippen LogP contribution in [0.4, 0.5) is 8.78 Å². The highest BCUT2D eigenvalue weighted by Gasteiger charge is 2.28. The first-order chi connectivity index (χ1) is 21.1. The molecule has 0 radical (unpaired) electrons. The van der Waals surface area contributed by atoms with Crippen LogP contribution in [0.25, 0.3) is 32.9 Å². The van der Waals surface area contributed by atoms with Crippen LogP contribution in [0.5, 0.6) is 0 Å². The van der Waals surface area contributed by atoms with Crippen molar-refractivity contribution in [2.45, 2.75) is 45.0 Å². The molecule has 2 aromatic heterocycles. The van der Waals surface area contributed by atoms with E-state index < -0.39 is 23.8 Å². The molecule has 0 spiro atoms. The molecule has 1 unspecified atom stereocenters. The average molecular weight is 603 g/mol. The number of nitrogens with one attached hydrogen (secondary N) is 1. The Morgan fingerprint density at radius 3 is 2.55 bits per heavy atom. The van der Waals surface area contributed by atoms with E-state index in [1.165, 1.54) is 18.2 Å². The number of amides is 1. The van der Waals surface area contributed by atoms with Crippen molar-refractivity contribution in [1.82, 2.24) is 29.8 Å². The summed E-state index contributed by atoms with van der Waals surface area (Å²) in [5.74, 6) is -2.14. The molecule has 0 saturated carbocycles. The van der Waals surface area contributed by atoms with Gasteiger partial charge in [-0.25, -0.2) is 13.6 Å². The maximum absolute atomic E-state index is 15.6. The van der Waals surface area contributed by atoms with Crippen molar-refractivity contribution >= 4 is 33.7 Å². The third-order valence-corrected chi connectivity index (χ3v) is 8.42. The maximum Gasteiger partial charge on any atom is 0.335 e. The van der Waals surface area contributed by atoms with Crippen LogP contribution in [0.2, 0.25) is 0 Å². The Balaban J connectivity index is 1.37. The summed E-state index contributed by atoms with van der Waals surface area (Å²) < 4.78 is 33.3. The fourth-order valence-corrected chi connectivity index (χ4v) is 6.05. The smallest absolute Gasteiger partial charge is 0.335 e. The second kappa shape index (κ2) is 11.8. The highest BCUT2D eigenvalue weighted by molar-refractivity contribution is 5.99. The van der Waals surface area contributed by atoms with Gasteiger partial charge in [0, 0.05) is 61.4 Å². The van der Waals surface area contributed by atoms with E-state index in [1.54, 1.807) is 40.5 Å². The number of halogens is 2. The van der Waals surface area contributed by atoms with Crippen molar-refractivity contribution in [3.05, 3.63) is 83.2 Å². The lowest BCUT2D eigenvalue weighted by Gasteiger charge is -2.30. The Hall–Kier alpha value is -4.68. The van der Waals surface area contributed by atoms with E-state index >= 15 is 4.39 Å². The number of carboxylic acids is 1. The minimum absolute atomic E-state index is 0.00282. The van der Waals surface area contributed by atoms with E-state index in [0.29, 0.717) is 48.0 Å². The molecular formula is C32H32F2N6O4. The second-order valence-electron chi connectivity index (χ2n) is 11.2. The summed E-state index contributed by atoms with van der Waals surface area (Å²) in [5, 5.41) is 33.7. The van der Waals surface area contributed by atoms with Gasteiger partial charge in [-0.15, -0.1) is 0 Å². The monoisotopic (exact) mass is 602 g/mol. The van der Waals surface area contributed by atoms with Crippen LogP contribution in [-0.2, 0) is 24.9 Å². The first-order valence-corrected chi connectivity index (χ1v) is 14.4. The number of aliphatic hydroxyl groups is 1. The molecule has 0 aliphatic carbocycles. The number of hydrogen-bond acceptors (Lipinski definition) is 6. The number of hydrogen-bond donors (Lipinski definition) is 3. The lowest BCUT2D eigenvalue weighted by atomic mass is 9.89. The molecule has 44 heavy (non-hydrogen) atoms. The molecule has 3 aromatic carbocycles. The van der Waals surface area contributed by atoms with Crippen LogP contribution in [0.15, 0.2) is 54.7 Å². The van der Waals surface area contributed by atoms with Gasteiger partial charge in [-0.3, -0.25) is 19.5 Å².